The highest BCUT2D eigenvalue weighted by molar-refractivity contribution is 5.45. The highest BCUT2D eigenvalue weighted by Crippen LogP contribution is 2.28. The second kappa shape index (κ2) is 5.54. The predicted octanol–water partition coefficient (Wildman–Crippen LogP) is -0.570. The number of nitrogens with two attached hydrogens (primary N) is 1. The van der Waals surface area contributed by atoms with Crippen molar-refractivity contribution in [3.05, 3.63) is 0 Å². The molecule has 1 aromatic heterocycles. The lowest BCUT2D eigenvalue weighted by molar-refractivity contribution is 0.244. The van der Waals surface area contributed by atoms with Crippen molar-refractivity contribution in [2.24, 2.45) is 11.8 Å². The molecule has 106 valence electrons. The molecule has 0 amide bonds. The fourth-order valence-electron chi connectivity index (χ4n) is 2.28. The molecule has 8 heteroatoms. The van der Waals surface area contributed by atoms with E-state index >= 15 is 0 Å². The van der Waals surface area contributed by atoms with Gasteiger partial charge in [0.1, 0.15) is 0 Å². The first-order valence-corrected chi connectivity index (χ1v) is 6.34. The van der Waals surface area contributed by atoms with Gasteiger partial charge in [-0.05, 0) is 12.3 Å². The first kappa shape index (κ1) is 13.8. The first-order valence-electron chi connectivity index (χ1n) is 6.34. The Morgan fingerprint density at radius 3 is 2.74 bits per heavy atom. The molecule has 1 fully saturated rings. The smallest absolute Gasteiger partial charge is 0.243 e. The topological polar surface area (TPSA) is 103 Å². The van der Waals surface area contributed by atoms with Gasteiger partial charge in [-0.2, -0.15) is 15.0 Å². The lowest BCUT2D eigenvalue weighted by atomic mass is 10.0. The minimum Gasteiger partial charge on any atom is -0.394 e. The van der Waals surface area contributed by atoms with Gasteiger partial charge in [0.15, 0.2) is 0 Å². The largest absolute Gasteiger partial charge is 0.394 e. The number of anilines is 3. The fourth-order valence-corrected chi connectivity index (χ4v) is 2.28. The van der Waals surface area contributed by atoms with Crippen molar-refractivity contribution in [2.45, 2.75) is 19.4 Å². The SMILES string of the molecule is CC1CCN(c2nc(NN)nc(N(C)C)n2)C1CO. The van der Waals surface area contributed by atoms with Crippen molar-refractivity contribution >= 4 is 17.8 Å². The summed E-state index contributed by atoms with van der Waals surface area (Å²) >= 11 is 0. The van der Waals surface area contributed by atoms with Gasteiger partial charge in [0, 0.05) is 20.6 Å². The van der Waals surface area contributed by atoms with Gasteiger partial charge in [0.25, 0.3) is 0 Å². The van der Waals surface area contributed by atoms with E-state index in [4.69, 9.17) is 5.84 Å². The molecule has 1 saturated heterocycles. The Balaban J connectivity index is 2.35. The summed E-state index contributed by atoms with van der Waals surface area (Å²) in [5, 5.41) is 9.51. The molecule has 2 unspecified atom stereocenters. The summed E-state index contributed by atoms with van der Waals surface area (Å²) in [6.07, 6.45) is 1.01. The minimum atomic E-state index is 0.0445. The Morgan fingerprint density at radius 2 is 2.16 bits per heavy atom. The van der Waals surface area contributed by atoms with Gasteiger partial charge in [0.05, 0.1) is 12.6 Å². The lowest BCUT2D eigenvalue weighted by Gasteiger charge is -2.26. The molecule has 1 aromatic rings. The van der Waals surface area contributed by atoms with Crippen LogP contribution in [0.25, 0.3) is 0 Å². The van der Waals surface area contributed by atoms with Crippen molar-refractivity contribution < 1.29 is 5.11 Å². The van der Waals surface area contributed by atoms with Crippen LogP contribution in [0.3, 0.4) is 0 Å². The van der Waals surface area contributed by atoms with Crippen LogP contribution in [0.2, 0.25) is 0 Å². The van der Waals surface area contributed by atoms with Gasteiger partial charge in [-0.25, -0.2) is 5.84 Å². The summed E-state index contributed by atoms with van der Waals surface area (Å²) < 4.78 is 0. The zero-order chi connectivity index (χ0) is 14.0. The summed E-state index contributed by atoms with van der Waals surface area (Å²) in [5.41, 5.74) is 2.45. The molecular formula is C11H21N7O. The first-order chi connectivity index (χ1) is 9.06. The molecule has 2 heterocycles. The van der Waals surface area contributed by atoms with Gasteiger partial charge in [-0.3, -0.25) is 5.43 Å². The zero-order valence-corrected chi connectivity index (χ0v) is 11.5. The van der Waals surface area contributed by atoms with Crippen LogP contribution >= 0.6 is 0 Å². The van der Waals surface area contributed by atoms with Crippen LogP contribution < -0.4 is 21.1 Å². The maximum atomic E-state index is 9.51. The van der Waals surface area contributed by atoms with Crippen LogP contribution in [0.4, 0.5) is 17.8 Å². The van der Waals surface area contributed by atoms with E-state index in [-0.39, 0.29) is 12.6 Å². The van der Waals surface area contributed by atoms with Crippen molar-refractivity contribution in [3.63, 3.8) is 0 Å². The quantitative estimate of drug-likeness (QED) is 0.492. The van der Waals surface area contributed by atoms with Gasteiger partial charge in [-0.15, -0.1) is 0 Å². The van der Waals surface area contributed by atoms with Crippen LogP contribution in [0, 0.1) is 5.92 Å². The van der Waals surface area contributed by atoms with Crippen molar-refractivity contribution in [1.82, 2.24) is 15.0 Å². The Labute approximate surface area is 112 Å². The molecule has 1 aliphatic heterocycles. The van der Waals surface area contributed by atoms with Gasteiger partial charge in [0.2, 0.25) is 17.8 Å². The summed E-state index contributed by atoms with van der Waals surface area (Å²) in [5.74, 6) is 7.22. The summed E-state index contributed by atoms with van der Waals surface area (Å²) in [6, 6.07) is 0.0445. The number of nitrogens with zero attached hydrogens (tertiary/aromatic N) is 5. The molecule has 0 radical (unpaired) electrons. The minimum absolute atomic E-state index is 0.0445. The number of nitrogen functional groups attached to an aromatic ring is 1. The number of aromatic nitrogens is 3. The molecule has 0 saturated carbocycles. The number of nitrogens with one attached hydrogen (secondary N) is 1. The maximum Gasteiger partial charge on any atom is 0.243 e. The van der Waals surface area contributed by atoms with E-state index in [1.165, 1.54) is 0 Å². The van der Waals surface area contributed by atoms with Crippen LogP contribution in [0.1, 0.15) is 13.3 Å². The number of aliphatic hydroxyl groups is 1. The van der Waals surface area contributed by atoms with Crippen LogP contribution in [0.15, 0.2) is 0 Å². The second-order valence-corrected chi connectivity index (χ2v) is 5.01. The molecule has 2 atom stereocenters. The van der Waals surface area contributed by atoms with Gasteiger partial charge in [-0.1, -0.05) is 6.92 Å². The third-order valence-corrected chi connectivity index (χ3v) is 3.47. The normalized spacial score (nSPS) is 22.7. The standard InChI is InChI=1S/C11H21N7O/c1-7-4-5-18(8(7)6-19)11-14-9(16-12)13-10(15-11)17(2)3/h7-8,19H,4-6,12H2,1-3H3,(H,13,14,15,16). The summed E-state index contributed by atoms with van der Waals surface area (Å²) in [7, 11) is 3.71. The van der Waals surface area contributed by atoms with Crippen molar-refractivity contribution in [2.75, 3.05) is 42.5 Å². The van der Waals surface area contributed by atoms with E-state index in [2.05, 4.69) is 27.3 Å². The molecule has 1 aliphatic rings. The third kappa shape index (κ3) is 2.69. The van der Waals surface area contributed by atoms with Gasteiger partial charge < -0.3 is 14.9 Å². The molecule has 0 aliphatic carbocycles. The highest BCUT2D eigenvalue weighted by atomic mass is 16.3. The number of hydrogen-bond donors (Lipinski definition) is 3. The molecule has 19 heavy (non-hydrogen) atoms. The summed E-state index contributed by atoms with van der Waals surface area (Å²) in [4.78, 5) is 16.7. The molecule has 8 nitrogen and oxygen atoms in total. The van der Waals surface area contributed by atoms with Crippen LogP contribution in [0.5, 0.6) is 0 Å². The van der Waals surface area contributed by atoms with Crippen molar-refractivity contribution in [1.29, 1.82) is 0 Å². The predicted molar refractivity (Wildman–Crippen MR) is 74.0 cm³/mol. The maximum absolute atomic E-state index is 9.51. The van der Waals surface area contributed by atoms with E-state index in [0.717, 1.165) is 13.0 Å². The zero-order valence-electron chi connectivity index (χ0n) is 11.5. The average Bonchev–Trinajstić information content (AvgIpc) is 2.79. The van der Waals surface area contributed by atoms with Crippen LogP contribution in [-0.4, -0.2) is 53.3 Å². The summed E-state index contributed by atoms with van der Waals surface area (Å²) in [6.45, 7) is 3.04. The fraction of sp³-hybridized carbons (Fsp3) is 0.727. The van der Waals surface area contributed by atoms with Crippen molar-refractivity contribution in [3.8, 4) is 0 Å². The number of aliphatic hydroxyl groups excluding tert-OH is 1. The number of hydrazine groups is 1. The Bertz CT molecular complexity index is 439. The van der Waals surface area contributed by atoms with E-state index in [1.807, 2.05) is 19.0 Å². The second-order valence-electron chi connectivity index (χ2n) is 5.01. The monoisotopic (exact) mass is 267 g/mol. The number of hydrogen-bond acceptors (Lipinski definition) is 8. The van der Waals surface area contributed by atoms with Crippen LogP contribution in [-0.2, 0) is 0 Å². The lowest BCUT2D eigenvalue weighted by Crippen LogP contribution is -2.37. The average molecular weight is 267 g/mol. The van der Waals surface area contributed by atoms with E-state index in [9.17, 15) is 5.11 Å². The van der Waals surface area contributed by atoms with Gasteiger partial charge >= 0.3 is 0 Å². The van der Waals surface area contributed by atoms with E-state index < -0.39 is 0 Å². The molecule has 4 N–H and O–H groups in total. The Hall–Kier alpha value is -1.67. The highest BCUT2D eigenvalue weighted by Gasteiger charge is 2.32. The number of rotatable bonds is 4. The Kier molecular flexibility index (Phi) is 4.01. The molecular weight excluding hydrogens is 246 g/mol. The van der Waals surface area contributed by atoms with E-state index in [1.54, 1.807) is 4.90 Å². The third-order valence-electron chi connectivity index (χ3n) is 3.47. The molecule has 0 aromatic carbocycles. The van der Waals surface area contributed by atoms with E-state index in [0.29, 0.717) is 23.8 Å². The molecule has 0 spiro atoms. The molecule has 2 rings (SSSR count). The molecule has 0 bridgehead atoms. The Morgan fingerprint density at radius 1 is 1.42 bits per heavy atom.